The third-order valence-electron chi connectivity index (χ3n) is 6.89. The molecule has 2 amide bonds. The maximum Gasteiger partial charge on any atom is 0.259 e. The number of pyridine rings is 2. The van der Waals surface area contributed by atoms with Crippen molar-refractivity contribution in [1.29, 1.82) is 0 Å². The number of anilines is 1. The molecule has 0 bridgehead atoms. The van der Waals surface area contributed by atoms with Gasteiger partial charge in [-0.3, -0.25) is 24.5 Å². The Morgan fingerprint density at radius 3 is 2.53 bits per heavy atom. The second kappa shape index (κ2) is 8.67. The number of hydrogen-bond acceptors (Lipinski definition) is 4. The molecule has 0 atom stereocenters. The number of amides is 2. The second-order valence-corrected chi connectivity index (χ2v) is 10.1. The Morgan fingerprint density at radius 1 is 1.03 bits per heavy atom. The topological polar surface area (TPSA) is 66.4 Å². The zero-order chi connectivity index (χ0) is 24.0. The summed E-state index contributed by atoms with van der Waals surface area (Å²) in [6, 6.07) is 9.13. The first-order valence-corrected chi connectivity index (χ1v) is 12.0. The molecular formula is C26H24Cl2N4O2. The highest BCUT2D eigenvalue weighted by atomic mass is 35.5. The normalized spacial score (nSPS) is 17.7. The van der Waals surface area contributed by atoms with Crippen LogP contribution in [0.3, 0.4) is 0 Å². The molecule has 0 aliphatic carbocycles. The van der Waals surface area contributed by atoms with Crippen LogP contribution in [0, 0.1) is 0 Å². The summed E-state index contributed by atoms with van der Waals surface area (Å²) in [5.74, 6) is 0.130. The molecule has 6 nitrogen and oxygen atoms in total. The maximum atomic E-state index is 13.3. The third-order valence-corrected chi connectivity index (χ3v) is 7.43. The molecule has 1 aromatic carbocycles. The Morgan fingerprint density at radius 2 is 1.79 bits per heavy atom. The summed E-state index contributed by atoms with van der Waals surface area (Å²) in [6.45, 7) is 5.30. The van der Waals surface area contributed by atoms with Gasteiger partial charge in [-0.05, 0) is 74.1 Å². The number of carbonyl (C=O) groups excluding carboxylic acids is 2. The van der Waals surface area contributed by atoms with E-state index in [0.717, 1.165) is 29.7 Å². The number of carbonyl (C=O) groups is 2. The van der Waals surface area contributed by atoms with Crippen molar-refractivity contribution in [3.05, 3.63) is 87.4 Å². The zero-order valence-electron chi connectivity index (χ0n) is 19.0. The minimum atomic E-state index is -0.544. The first-order chi connectivity index (χ1) is 16.3. The molecule has 1 saturated heterocycles. The van der Waals surface area contributed by atoms with Gasteiger partial charge in [-0.1, -0.05) is 23.2 Å². The van der Waals surface area contributed by atoms with Gasteiger partial charge in [0, 0.05) is 42.3 Å². The summed E-state index contributed by atoms with van der Waals surface area (Å²) < 4.78 is 0. The average Bonchev–Trinajstić information content (AvgIpc) is 3.03. The van der Waals surface area contributed by atoms with Gasteiger partial charge >= 0.3 is 0 Å². The predicted octanol–water partition coefficient (Wildman–Crippen LogP) is 5.70. The standard InChI is InChI=1S/C26H24Cl2N4O2/c1-26(2)22-12-18(27)3-4-20(22)25(34)32(26)19-11-17(13-30-14-19)16-6-9-31(10-7-16)24(33)21-5-8-29-15-23(21)28/h3-5,8,11-16H,6-7,9-10H2,1-2H3. The summed E-state index contributed by atoms with van der Waals surface area (Å²) in [7, 11) is 0. The van der Waals surface area contributed by atoms with Crippen LogP contribution in [0.25, 0.3) is 0 Å². The Bertz CT molecular complexity index is 1290. The van der Waals surface area contributed by atoms with E-state index >= 15 is 0 Å². The van der Waals surface area contributed by atoms with E-state index < -0.39 is 5.54 Å². The SMILES string of the molecule is CC1(C)c2cc(Cl)ccc2C(=O)N1c1cncc(C2CCN(C(=O)c3ccncc3Cl)CC2)c1. The predicted molar refractivity (Wildman–Crippen MR) is 133 cm³/mol. The number of aromatic nitrogens is 2. The molecule has 0 N–H and O–H groups in total. The molecule has 1 fully saturated rings. The lowest BCUT2D eigenvalue weighted by Crippen LogP contribution is -2.39. The van der Waals surface area contributed by atoms with Gasteiger partial charge in [-0.15, -0.1) is 0 Å². The van der Waals surface area contributed by atoms with Gasteiger partial charge < -0.3 is 4.90 Å². The van der Waals surface area contributed by atoms with Crippen molar-refractivity contribution in [3.8, 4) is 0 Å². The molecular weight excluding hydrogens is 471 g/mol. The number of hydrogen-bond donors (Lipinski definition) is 0. The second-order valence-electron chi connectivity index (χ2n) is 9.29. The Balaban J connectivity index is 1.34. The van der Waals surface area contributed by atoms with E-state index in [9.17, 15) is 9.59 Å². The molecule has 3 aromatic rings. The van der Waals surface area contributed by atoms with Crippen molar-refractivity contribution >= 4 is 40.7 Å². The molecule has 2 aromatic heterocycles. The summed E-state index contributed by atoms with van der Waals surface area (Å²) in [5.41, 5.74) is 3.36. The lowest BCUT2D eigenvalue weighted by Gasteiger charge is -2.34. The van der Waals surface area contributed by atoms with Gasteiger partial charge in [0.25, 0.3) is 11.8 Å². The number of fused-ring (bicyclic) bond motifs is 1. The Kier molecular flexibility index (Phi) is 5.82. The van der Waals surface area contributed by atoms with E-state index in [-0.39, 0.29) is 17.7 Å². The van der Waals surface area contributed by atoms with Gasteiger partial charge in [0.1, 0.15) is 0 Å². The molecule has 8 heteroatoms. The number of piperidine rings is 1. The van der Waals surface area contributed by atoms with Crippen LogP contribution in [-0.2, 0) is 5.54 Å². The van der Waals surface area contributed by atoms with E-state index in [1.807, 2.05) is 31.0 Å². The molecule has 2 aliphatic heterocycles. The molecule has 5 rings (SSSR count). The fourth-order valence-electron chi connectivity index (χ4n) is 5.07. The summed E-state index contributed by atoms with van der Waals surface area (Å²) in [4.78, 5) is 38.2. The van der Waals surface area contributed by atoms with Crippen molar-refractivity contribution in [2.24, 2.45) is 0 Å². The highest BCUT2D eigenvalue weighted by Gasteiger charge is 2.44. The molecule has 4 heterocycles. The molecule has 0 unspecified atom stereocenters. The average molecular weight is 495 g/mol. The largest absolute Gasteiger partial charge is 0.339 e. The first kappa shape index (κ1) is 22.8. The van der Waals surface area contributed by atoms with Gasteiger partial charge in [0.15, 0.2) is 0 Å². The number of likely N-dealkylation sites (tertiary alicyclic amines) is 1. The Hall–Kier alpha value is -2.96. The van der Waals surface area contributed by atoms with Crippen molar-refractivity contribution < 1.29 is 9.59 Å². The van der Waals surface area contributed by atoms with Crippen LogP contribution in [0.2, 0.25) is 10.0 Å². The molecule has 174 valence electrons. The summed E-state index contributed by atoms with van der Waals surface area (Å²) >= 11 is 12.4. The number of halogens is 2. The van der Waals surface area contributed by atoms with Crippen molar-refractivity contribution in [2.75, 3.05) is 18.0 Å². The lowest BCUT2D eigenvalue weighted by atomic mass is 9.89. The minimum absolute atomic E-state index is 0.0507. The summed E-state index contributed by atoms with van der Waals surface area (Å²) in [5, 5.41) is 0.981. The van der Waals surface area contributed by atoms with E-state index in [4.69, 9.17) is 23.2 Å². The molecule has 0 spiro atoms. The van der Waals surface area contributed by atoms with Gasteiger partial charge in [-0.25, -0.2) is 0 Å². The monoisotopic (exact) mass is 494 g/mol. The van der Waals surface area contributed by atoms with Crippen LogP contribution < -0.4 is 4.90 Å². The van der Waals surface area contributed by atoms with E-state index in [1.54, 1.807) is 35.5 Å². The molecule has 0 radical (unpaired) electrons. The van der Waals surface area contributed by atoms with E-state index in [0.29, 0.717) is 34.3 Å². The summed E-state index contributed by atoms with van der Waals surface area (Å²) in [6.07, 6.45) is 8.30. The van der Waals surface area contributed by atoms with Crippen LogP contribution in [0.4, 0.5) is 5.69 Å². The van der Waals surface area contributed by atoms with E-state index in [2.05, 4.69) is 16.0 Å². The van der Waals surface area contributed by atoms with Crippen LogP contribution >= 0.6 is 23.2 Å². The van der Waals surface area contributed by atoms with Gasteiger partial charge in [0.05, 0.1) is 28.0 Å². The number of rotatable bonds is 3. The van der Waals surface area contributed by atoms with Crippen LogP contribution in [0.5, 0.6) is 0 Å². The molecule has 34 heavy (non-hydrogen) atoms. The highest BCUT2D eigenvalue weighted by molar-refractivity contribution is 6.33. The van der Waals surface area contributed by atoms with Gasteiger partial charge in [-0.2, -0.15) is 0 Å². The van der Waals surface area contributed by atoms with Crippen LogP contribution in [-0.4, -0.2) is 39.8 Å². The van der Waals surface area contributed by atoms with E-state index in [1.165, 1.54) is 6.20 Å². The quantitative estimate of drug-likeness (QED) is 0.468. The van der Waals surface area contributed by atoms with Crippen molar-refractivity contribution in [3.63, 3.8) is 0 Å². The first-order valence-electron chi connectivity index (χ1n) is 11.3. The fraction of sp³-hybridized carbons (Fsp3) is 0.308. The molecule has 0 saturated carbocycles. The van der Waals surface area contributed by atoms with Crippen LogP contribution in [0.1, 0.15) is 64.4 Å². The lowest BCUT2D eigenvalue weighted by molar-refractivity contribution is 0.0712. The zero-order valence-corrected chi connectivity index (χ0v) is 20.5. The third kappa shape index (κ3) is 3.85. The van der Waals surface area contributed by atoms with Crippen molar-refractivity contribution in [1.82, 2.24) is 14.9 Å². The molecule has 2 aliphatic rings. The number of benzene rings is 1. The van der Waals surface area contributed by atoms with Gasteiger partial charge in [0.2, 0.25) is 0 Å². The number of nitrogens with zero attached hydrogens (tertiary/aromatic N) is 4. The Labute approximate surface area is 208 Å². The smallest absolute Gasteiger partial charge is 0.259 e. The highest BCUT2D eigenvalue weighted by Crippen LogP contribution is 2.43. The maximum absolute atomic E-state index is 13.3. The van der Waals surface area contributed by atoms with Crippen LogP contribution in [0.15, 0.2) is 55.1 Å². The minimum Gasteiger partial charge on any atom is -0.339 e. The van der Waals surface area contributed by atoms with Crippen molar-refractivity contribution in [2.45, 2.75) is 38.1 Å². The fourth-order valence-corrected chi connectivity index (χ4v) is 5.44.